The van der Waals surface area contributed by atoms with Crippen LogP contribution in [0.1, 0.15) is 49.4 Å². The van der Waals surface area contributed by atoms with Gasteiger partial charge < -0.3 is 4.90 Å². The first-order valence-electron chi connectivity index (χ1n) is 11.5. The number of aromatic nitrogens is 1. The van der Waals surface area contributed by atoms with Gasteiger partial charge in [-0.25, -0.2) is 4.39 Å². The lowest BCUT2D eigenvalue weighted by molar-refractivity contribution is 0.527. The summed E-state index contributed by atoms with van der Waals surface area (Å²) in [5.41, 5.74) is 3.76. The van der Waals surface area contributed by atoms with E-state index in [-0.39, 0.29) is 11.9 Å². The molecule has 6 rings (SSSR count). The highest BCUT2D eigenvalue weighted by Crippen LogP contribution is 2.42. The Morgan fingerprint density at radius 1 is 1.15 bits per heavy atom. The van der Waals surface area contributed by atoms with E-state index in [2.05, 4.69) is 26.4 Å². The maximum atomic E-state index is 13.8. The molecule has 168 valence electrons. The van der Waals surface area contributed by atoms with Gasteiger partial charge in [0.05, 0.1) is 5.57 Å². The normalized spacial score (nSPS) is 24.3. The smallest absolute Gasteiger partial charge is 0.155 e. The first-order chi connectivity index (χ1) is 16.2. The molecule has 1 aromatic heterocycles. The van der Waals surface area contributed by atoms with Crippen LogP contribution < -0.4 is 4.72 Å². The highest BCUT2D eigenvalue weighted by molar-refractivity contribution is 7.98. The maximum absolute atomic E-state index is 13.8. The van der Waals surface area contributed by atoms with Gasteiger partial charge in [0.15, 0.2) is 5.84 Å². The van der Waals surface area contributed by atoms with E-state index in [9.17, 15) is 4.39 Å². The molecule has 2 aliphatic heterocycles. The molecule has 33 heavy (non-hydrogen) atoms. The lowest BCUT2D eigenvalue weighted by Gasteiger charge is -2.31. The molecule has 2 atom stereocenters. The van der Waals surface area contributed by atoms with E-state index in [1.165, 1.54) is 30.7 Å². The van der Waals surface area contributed by atoms with Crippen molar-refractivity contribution in [3.63, 3.8) is 0 Å². The first-order valence-corrected chi connectivity index (χ1v) is 12.8. The quantitative estimate of drug-likeness (QED) is 0.454. The molecule has 2 aliphatic carbocycles. The van der Waals surface area contributed by atoms with Crippen molar-refractivity contribution in [1.82, 2.24) is 14.6 Å². The van der Waals surface area contributed by atoms with E-state index in [0.717, 1.165) is 53.7 Å². The Labute approximate surface area is 202 Å². The van der Waals surface area contributed by atoms with Gasteiger partial charge in [-0.05, 0) is 49.9 Å². The van der Waals surface area contributed by atoms with Gasteiger partial charge in [-0.3, -0.25) is 14.7 Å². The molecule has 1 aromatic carbocycles. The lowest BCUT2D eigenvalue weighted by Crippen LogP contribution is -2.36. The van der Waals surface area contributed by atoms with Crippen LogP contribution in [-0.2, 0) is 0 Å². The molecule has 2 saturated carbocycles. The van der Waals surface area contributed by atoms with E-state index in [1.54, 1.807) is 12.3 Å². The van der Waals surface area contributed by atoms with Crippen LogP contribution in [0.2, 0.25) is 5.02 Å². The minimum absolute atomic E-state index is 0.305. The first kappa shape index (κ1) is 21.2. The average molecular weight is 479 g/mol. The lowest BCUT2D eigenvalue weighted by atomic mass is 9.94. The van der Waals surface area contributed by atoms with Gasteiger partial charge in [0.25, 0.3) is 0 Å². The van der Waals surface area contributed by atoms with Gasteiger partial charge in [0, 0.05) is 52.7 Å². The standard InChI is InChI=1S/C26H24ClFN4S/c27-22-13-17(28)7-11-20(22)25-21(10-6-16-4-5-16)24-14-18(31-33-19-8-9-19)15-32(24)26(30-25)23-3-1-2-12-29-23/h1-3,7,11-13,16,18-19,25,31H,4-5,8-9,14-15H2/t18?,25-/m1/s1. The Morgan fingerprint density at radius 2 is 2.03 bits per heavy atom. The van der Waals surface area contributed by atoms with Crippen LogP contribution in [-0.4, -0.2) is 33.6 Å². The fourth-order valence-corrected chi connectivity index (χ4v) is 5.46. The molecule has 2 aromatic rings. The van der Waals surface area contributed by atoms with Crippen molar-refractivity contribution in [3.8, 4) is 11.8 Å². The van der Waals surface area contributed by atoms with E-state index in [4.69, 9.17) is 16.6 Å². The van der Waals surface area contributed by atoms with Crippen LogP contribution >= 0.6 is 23.5 Å². The Balaban J connectivity index is 1.45. The Bertz CT molecular complexity index is 1190. The second-order valence-electron chi connectivity index (χ2n) is 9.09. The summed E-state index contributed by atoms with van der Waals surface area (Å²) < 4.78 is 17.5. The van der Waals surface area contributed by atoms with Crippen molar-refractivity contribution >= 4 is 29.4 Å². The zero-order valence-corrected chi connectivity index (χ0v) is 19.7. The molecular weight excluding hydrogens is 455 g/mol. The monoisotopic (exact) mass is 478 g/mol. The molecule has 4 aliphatic rings. The number of fused-ring (bicyclic) bond motifs is 1. The van der Waals surface area contributed by atoms with Crippen molar-refractivity contribution < 1.29 is 4.39 Å². The number of rotatable bonds is 5. The van der Waals surface area contributed by atoms with Crippen molar-refractivity contribution in [3.05, 3.63) is 76.0 Å². The largest absolute Gasteiger partial charge is 0.326 e. The second-order valence-corrected chi connectivity index (χ2v) is 10.6. The Hall–Kier alpha value is -2.33. The minimum Gasteiger partial charge on any atom is -0.326 e. The van der Waals surface area contributed by atoms with Crippen molar-refractivity contribution in [2.75, 3.05) is 6.54 Å². The fraction of sp³-hybridized carbons (Fsp3) is 0.385. The number of amidine groups is 1. The highest BCUT2D eigenvalue weighted by Gasteiger charge is 2.39. The van der Waals surface area contributed by atoms with Crippen LogP contribution in [0.5, 0.6) is 0 Å². The van der Waals surface area contributed by atoms with Crippen LogP contribution in [0, 0.1) is 23.6 Å². The predicted octanol–water partition coefficient (Wildman–Crippen LogP) is 5.52. The number of nitrogens with one attached hydrogen (secondary N) is 1. The summed E-state index contributed by atoms with van der Waals surface area (Å²) in [6, 6.07) is 10.4. The molecule has 0 spiro atoms. The molecule has 3 fully saturated rings. The molecule has 1 N–H and O–H groups in total. The van der Waals surface area contributed by atoms with Gasteiger partial charge in [-0.15, -0.1) is 0 Å². The molecule has 3 heterocycles. The van der Waals surface area contributed by atoms with E-state index >= 15 is 0 Å². The molecule has 0 radical (unpaired) electrons. The SMILES string of the molecule is Fc1ccc([C@H]2N=C(c3ccccn3)N3CC(NSC4CC4)CC3=C2C#CC2CC2)c(Cl)c1. The number of nitrogens with zero attached hydrogens (tertiary/aromatic N) is 3. The number of hydrogen-bond donors (Lipinski definition) is 1. The third-order valence-electron chi connectivity index (χ3n) is 6.33. The molecule has 0 amide bonds. The van der Waals surface area contributed by atoms with Gasteiger partial charge in [-0.2, -0.15) is 0 Å². The molecule has 7 heteroatoms. The number of benzene rings is 1. The van der Waals surface area contributed by atoms with E-state index in [0.29, 0.717) is 17.0 Å². The summed E-state index contributed by atoms with van der Waals surface area (Å²) in [5, 5.41) is 1.11. The maximum Gasteiger partial charge on any atom is 0.155 e. The van der Waals surface area contributed by atoms with E-state index < -0.39 is 0 Å². The van der Waals surface area contributed by atoms with Gasteiger partial charge in [0.1, 0.15) is 17.6 Å². The zero-order valence-electron chi connectivity index (χ0n) is 18.1. The Morgan fingerprint density at radius 3 is 2.76 bits per heavy atom. The summed E-state index contributed by atoms with van der Waals surface area (Å²) in [5.74, 6) is 7.87. The highest BCUT2D eigenvalue weighted by atomic mass is 35.5. The predicted molar refractivity (Wildman–Crippen MR) is 131 cm³/mol. The van der Waals surface area contributed by atoms with Crippen molar-refractivity contribution in [2.45, 2.75) is 49.4 Å². The van der Waals surface area contributed by atoms with Crippen molar-refractivity contribution in [2.24, 2.45) is 10.9 Å². The second kappa shape index (κ2) is 8.79. The number of halogens is 2. The molecule has 1 unspecified atom stereocenters. The number of aliphatic imine (C=N–C) groups is 1. The van der Waals surface area contributed by atoms with Crippen LogP contribution in [0.15, 0.2) is 58.9 Å². The zero-order chi connectivity index (χ0) is 22.4. The topological polar surface area (TPSA) is 40.5 Å². The van der Waals surface area contributed by atoms with Crippen molar-refractivity contribution in [1.29, 1.82) is 0 Å². The van der Waals surface area contributed by atoms with Crippen LogP contribution in [0.25, 0.3) is 0 Å². The van der Waals surface area contributed by atoms with Gasteiger partial charge in [0.2, 0.25) is 0 Å². The number of pyridine rings is 1. The van der Waals surface area contributed by atoms with Gasteiger partial charge in [-0.1, -0.05) is 47.5 Å². The average Bonchev–Trinajstić information content (AvgIpc) is 3.75. The summed E-state index contributed by atoms with van der Waals surface area (Å²) in [6.07, 6.45) is 7.56. The minimum atomic E-state index is -0.373. The van der Waals surface area contributed by atoms with E-state index in [1.807, 2.05) is 30.1 Å². The third kappa shape index (κ3) is 4.55. The summed E-state index contributed by atoms with van der Waals surface area (Å²) in [6.45, 7) is 0.822. The molecule has 4 nitrogen and oxygen atoms in total. The third-order valence-corrected chi connectivity index (χ3v) is 7.93. The van der Waals surface area contributed by atoms with Crippen LogP contribution in [0.4, 0.5) is 4.39 Å². The Kier molecular flexibility index (Phi) is 5.65. The fourth-order valence-electron chi connectivity index (χ4n) is 4.28. The van der Waals surface area contributed by atoms with Crippen LogP contribution in [0.3, 0.4) is 0 Å². The molecular formula is C26H24ClFN4S. The molecule has 0 bridgehead atoms. The van der Waals surface area contributed by atoms with Gasteiger partial charge >= 0.3 is 0 Å². The summed E-state index contributed by atoms with van der Waals surface area (Å²) >= 11 is 8.39. The summed E-state index contributed by atoms with van der Waals surface area (Å²) in [7, 11) is 0. The molecule has 1 saturated heterocycles. The number of hydrogen-bond acceptors (Lipinski definition) is 5. The summed E-state index contributed by atoms with van der Waals surface area (Å²) in [4.78, 5) is 12.0.